The monoisotopic (exact) mass is 571 g/mol. The first-order valence-electron chi connectivity index (χ1n) is 10.3. The Labute approximate surface area is 202 Å². The number of Topliss-reactive ketones (excluding diaryl/α,β-unsaturated/α-hetero) is 1. The highest BCUT2D eigenvalue weighted by Crippen LogP contribution is 2.60. The fourth-order valence-electron chi connectivity index (χ4n) is 5.20. The summed E-state index contributed by atoms with van der Waals surface area (Å²) in [5, 5.41) is 0. The molecule has 1 aliphatic heterocycles. The Bertz CT molecular complexity index is 865. The first kappa shape index (κ1) is 23.0. The summed E-state index contributed by atoms with van der Waals surface area (Å²) in [4.78, 5) is 53.3. The van der Waals surface area contributed by atoms with Crippen LogP contribution in [0.3, 0.4) is 0 Å². The summed E-state index contributed by atoms with van der Waals surface area (Å²) in [5.74, 6) is -1.58. The quantitative estimate of drug-likeness (QED) is 0.206. The lowest BCUT2D eigenvalue weighted by molar-refractivity contribution is -0.158. The number of imide groups is 1. The van der Waals surface area contributed by atoms with Crippen LogP contribution in [0, 0.1) is 23.7 Å². The van der Waals surface area contributed by atoms with E-state index in [0.29, 0.717) is 17.7 Å². The number of halogens is 2. The van der Waals surface area contributed by atoms with Crippen molar-refractivity contribution < 1.29 is 23.9 Å². The third kappa shape index (κ3) is 4.02. The number of amides is 2. The van der Waals surface area contributed by atoms with Gasteiger partial charge in [-0.05, 0) is 36.7 Å². The normalized spacial score (nSPS) is 32.3. The van der Waals surface area contributed by atoms with E-state index in [2.05, 4.69) is 31.9 Å². The molecule has 6 nitrogen and oxygen atoms in total. The fourth-order valence-corrected chi connectivity index (χ4v) is 7.53. The van der Waals surface area contributed by atoms with Gasteiger partial charge >= 0.3 is 5.97 Å². The molecule has 2 saturated carbocycles. The van der Waals surface area contributed by atoms with Crippen LogP contribution in [0.2, 0.25) is 0 Å². The molecule has 3 unspecified atom stereocenters. The average Bonchev–Trinajstić information content (AvgIpc) is 3.38. The molecule has 3 fully saturated rings. The first-order valence-corrected chi connectivity index (χ1v) is 13.5. The summed E-state index contributed by atoms with van der Waals surface area (Å²) < 4.78 is 5.30. The van der Waals surface area contributed by atoms with E-state index in [-0.39, 0.29) is 50.9 Å². The Morgan fingerprint density at radius 1 is 1.10 bits per heavy atom. The predicted molar refractivity (Wildman–Crippen MR) is 124 cm³/mol. The molecule has 1 aromatic carbocycles. The molecule has 166 valence electrons. The van der Waals surface area contributed by atoms with Crippen LogP contribution >= 0.6 is 43.6 Å². The number of nitrogens with zero attached hydrogens (tertiary/aromatic N) is 1. The Morgan fingerprint density at radius 2 is 1.68 bits per heavy atom. The van der Waals surface area contributed by atoms with E-state index in [0.717, 1.165) is 11.3 Å². The molecule has 1 saturated heterocycles. The van der Waals surface area contributed by atoms with E-state index in [1.807, 2.05) is 6.26 Å². The van der Waals surface area contributed by atoms with E-state index in [4.69, 9.17) is 4.74 Å². The van der Waals surface area contributed by atoms with Crippen molar-refractivity contribution in [2.75, 3.05) is 18.6 Å². The number of benzene rings is 1. The van der Waals surface area contributed by atoms with Crippen LogP contribution in [-0.2, 0) is 19.1 Å². The molecule has 3 aliphatic rings. The first-order chi connectivity index (χ1) is 14.9. The molecule has 0 aromatic heterocycles. The SMILES string of the molecule is CSCCC(C(=O)OCC(=O)c1ccccc1)N1C(=O)[C@@H]2[C@H](C1=O)[C@@H]1C[C@H]2C(Br)C1Br. The fraction of sp³-hybridized carbons (Fsp3) is 0.545. The zero-order valence-corrected chi connectivity index (χ0v) is 20.9. The number of rotatable bonds is 8. The molecule has 1 aromatic rings. The van der Waals surface area contributed by atoms with Gasteiger partial charge in [-0.2, -0.15) is 11.8 Å². The highest BCUT2D eigenvalue weighted by Gasteiger charge is 2.67. The maximum atomic E-state index is 13.3. The molecule has 2 aliphatic carbocycles. The molecule has 4 rings (SSSR count). The van der Waals surface area contributed by atoms with E-state index in [9.17, 15) is 19.2 Å². The molecule has 0 spiro atoms. The standard InChI is InChI=1S/C22H23Br2NO5S/c1-31-8-7-14(22(29)30-10-15(26)11-5-3-2-4-6-11)25-20(27)16-12-9-13(17(16)21(25)28)19(24)18(12)23/h2-6,12-14,16-19H,7-10H2,1H3/t12-,13+,14?,16+,17-,18?,19?. The Hall–Kier alpha value is -1.19. The van der Waals surface area contributed by atoms with Gasteiger partial charge in [0.1, 0.15) is 6.04 Å². The summed E-state index contributed by atoms with van der Waals surface area (Å²) in [6.45, 7) is -0.417. The van der Waals surface area contributed by atoms with Crippen molar-refractivity contribution in [1.82, 2.24) is 4.90 Å². The van der Waals surface area contributed by atoms with Gasteiger partial charge in [0.2, 0.25) is 11.8 Å². The minimum absolute atomic E-state index is 0.0812. The molecule has 9 heteroatoms. The third-order valence-electron chi connectivity index (χ3n) is 6.64. The average molecular weight is 573 g/mol. The van der Waals surface area contributed by atoms with Crippen molar-refractivity contribution in [3.63, 3.8) is 0 Å². The number of alkyl halides is 2. The van der Waals surface area contributed by atoms with Crippen molar-refractivity contribution in [2.24, 2.45) is 23.7 Å². The largest absolute Gasteiger partial charge is 0.456 e. The molecule has 2 bridgehead atoms. The maximum absolute atomic E-state index is 13.3. The van der Waals surface area contributed by atoms with Crippen molar-refractivity contribution in [2.45, 2.75) is 28.5 Å². The molecular weight excluding hydrogens is 550 g/mol. The molecular formula is C22H23Br2NO5S. The molecule has 0 N–H and O–H groups in total. The molecule has 0 radical (unpaired) electrons. The minimum Gasteiger partial charge on any atom is -0.456 e. The zero-order valence-electron chi connectivity index (χ0n) is 16.9. The van der Waals surface area contributed by atoms with Gasteiger partial charge in [0, 0.05) is 15.2 Å². The minimum atomic E-state index is -0.997. The molecule has 7 atom stereocenters. The number of fused-ring (bicyclic) bond motifs is 5. The smallest absolute Gasteiger partial charge is 0.329 e. The Kier molecular flexibility index (Phi) is 6.93. The molecule has 1 heterocycles. The summed E-state index contributed by atoms with van der Waals surface area (Å²) in [6, 6.07) is 7.57. The van der Waals surface area contributed by atoms with Crippen LogP contribution in [0.1, 0.15) is 23.2 Å². The van der Waals surface area contributed by atoms with Crippen LogP contribution in [0.4, 0.5) is 0 Å². The van der Waals surface area contributed by atoms with Crippen LogP contribution in [-0.4, -0.2) is 62.8 Å². The predicted octanol–water partition coefficient (Wildman–Crippen LogP) is 3.31. The number of carbonyl (C=O) groups excluding carboxylic acids is 4. The van der Waals surface area contributed by atoms with E-state index in [1.54, 1.807) is 30.3 Å². The topological polar surface area (TPSA) is 80.8 Å². The lowest BCUT2D eigenvalue weighted by Gasteiger charge is -2.28. The number of ketones is 1. The second-order valence-corrected chi connectivity index (χ2v) is 11.3. The summed E-state index contributed by atoms with van der Waals surface area (Å²) in [5.41, 5.74) is 0.446. The summed E-state index contributed by atoms with van der Waals surface area (Å²) in [6.07, 6.45) is 3.04. The van der Waals surface area contributed by atoms with Crippen LogP contribution < -0.4 is 0 Å². The van der Waals surface area contributed by atoms with Gasteiger partial charge in [-0.3, -0.25) is 19.3 Å². The summed E-state index contributed by atoms with van der Waals surface area (Å²) >= 11 is 8.87. The van der Waals surface area contributed by atoms with Crippen LogP contribution in [0.25, 0.3) is 0 Å². The number of carbonyl (C=O) groups is 4. The molecule has 31 heavy (non-hydrogen) atoms. The Morgan fingerprint density at radius 3 is 2.23 bits per heavy atom. The second-order valence-electron chi connectivity index (χ2n) is 8.24. The number of ether oxygens (including phenoxy) is 1. The number of hydrogen-bond acceptors (Lipinski definition) is 6. The highest BCUT2D eigenvalue weighted by molar-refractivity contribution is 9.12. The van der Waals surface area contributed by atoms with Gasteiger partial charge in [0.15, 0.2) is 12.4 Å². The van der Waals surface area contributed by atoms with Gasteiger partial charge in [-0.1, -0.05) is 62.2 Å². The second kappa shape index (κ2) is 9.35. The van der Waals surface area contributed by atoms with Gasteiger partial charge in [0.05, 0.1) is 11.8 Å². The zero-order chi connectivity index (χ0) is 22.3. The van der Waals surface area contributed by atoms with E-state index < -0.39 is 18.6 Å². The number of esters is 1. The van der Waals surface area contributed by atoms with Crippen LogP contribution in [0.5, 0.6) is 0 Å². The number of likely N-dealkylation sites (tertiary alicyclic amines) is 1. The van der Waals surface area contributed by atoms with Crippen LogP contribution in [0.15, 0.2) is 30.3 Å². The number of hydrogen-bond donors (Lipinski definition) is 0. The summed E-state index contributed by atoms with van der Waals surface area (Å²) in [7, 11) is 0. The third-order valence-corrected chi connectivity index (χ3v) is 10.5. The van der Waals surface area contributed by atoms with Crippen molar-refractivity contribution in [3.05, 3.63) is 35.9 Å². The van der Waals surface area contributed by atoms with Gasteiger partial charge < -0.3 is 4.74 Å². The van der Waals surface area contributed by atoms with E-state index >= 15 is 0 Å². The Balaban J connectivity index is 1.50. The number of thioether (sulfide) groups is 1. The highest BCUT2D eigenvalue weighted by atomic mass is 79.9. The lowest BCUT2D eigenvalue weighted by Crippen LogP contribution is -2.47. The maximum Gasteiger partial charge on any atom is 0.329 e. The van der Waals surface area contributed by atoms with Gasteiger partial charge in [0.25, 0.3) is 0 Å². The lowest BCUT2D eigenvalue weighted by atomic mass is 9.81. The van der Waals surface area contributed by atoms with Gasteiger partial charge in [-0.25, -0.2) is 4.79 Å². The van der Waals surface area contributed by atoms with Crippen molar-refractivity contribution in [1.29, 1.82) is 0 Å². The van der Waals surface area contributed by atoms with E-state index in [1.165, 1.54) is 11.8 Å². The van der Waals surface area contributed by atoms with Crippen molar-refractivity contribution >= 4 is 67.2 Å². The molecule has 2 amide bonds. The van der Waals surface area contributed by atoms with Crippen molar-refractivity contribution in [3.8, 4) is 0 Å². The van der Waals surface area contributed by atoms with Gasteiger partial charge in [-0.15, -0.1) is 0 Å².